The summed E-state index contributed by atoms with van der Waals surface area (Å²) in [6.07, 6.45) is 6.16. The third-order valence-corrected chi connectivity index (χ3v) is 3.46. The monoisotopic (exact) mass is 227 g/mol. The molecule has 0 heterocycles. The summed E-state index contributed by atoms with van der Waals surface area (Å²) in [5.74, 6) is -0.364. The zero-order valence-electron chi connectivity index (χ0n) is 9.84. The van der Waals surface area contributed by atoms with Crippen LogP contribution in [0.1, 0.15) is 39.0 Å². The fraction of sp³-hybridized carbons (Fsp3) is 0.818. The van der Waals surface area contributed by atoms with Gasteiger partial charge < -0.3 is 11.1 Å². The maximum atomic E-state index is 11.1. The van der Waals surface area contributed by atoms with Crippen molar-refractivity contribution < 1.29 is 9.59 Å². The van der Waals surface area contributed by atoms with Gasteiger partial charge in [0, 0.05) is 6.54 Å². The molecule has 0 unspecified atom stereocenters. The number of amides is 3. The fourth-order valence-corrected chi connectivity index (χ4v) is 2.40. The molecule has 0 aromatic rings. The Kier molecular flexibility index (Phi) is 4.73. The molecular weight excluding hydrogens is 206 g/mol. The lowest BCUT2D eigenvalue weighted by Gasteiger charge is -2.27. The molecule has 0 aromatic heterocycles. The van der Waals surface area contributed by atoms with E-state index in [4.69, 9.17) is 5.73 Å². The summed E-state index contributed by atoms with van der Waals surface area (Å²) in [7, 11) is 0. The second-order valence-corrected chi connectivity index (χ2v) is 4.58. The molecule has 5 nitrogen and oxygen atoms in total. The Labute approximate surface area is 96.1 Å². The van der Waals surface area contributed by atoms with E-state index in [9.17, 15) is 9.59 Å². The minimum absolute atomic E-state index is 0.157. The molecule has 92 valence electrons. The second-order valence-electron chi connectivity index (χ2n) is 4.58. The van der Waals surface area contributed by atoms with Gasteiger partial charge in [0.2, 0.25) is 5.91 Å². The van der Waals surface area contributed by atoms with E-state index < -0.39 is 6.03 Å². The lowest BCUT2D eigenvalue weighted by molar-refractivity contribution is -0.119. The molecule has 1 aliphatic carbocycles. The molecule has 0 atom stereocenters. The smallest absolute Gasteiger partial charge is 0.318 e. The van der Waals surface area contributed by atoms with Crippen molar-refractivity contribution in [3.63, 3.8) is 0 Å². The van der Waals surface area contributed by atoms with Crippen LogP contribution in [-0.2, 0) is 4.79 Å². The summed E-state index contributed by atoms with van der Waals surface area (Å²) in [5.41, 5.74) is 5.19. The Morgan fingerprint density at radius 2 is 1.94 bits per heavy atom. The Balaban J connectivity index is 2.23. The van der Waals surface area contributed by atoms with Gasteiger partial charge in [-0.2, -0.15) is 0 Å². The van der Waals surface area contributed by atoms with Gasteiger partial charge in [-0.05, 0) is 24.7 Å². The third kappa shape index (κ3) is 3.81. The third-order valence-electron chi connectivity index (χ3n) is 3.46. The van der Waals surface area contributed by atoms with Gasteiger partial charge in [0.25, 0.3) is 0 Å². The molecule has 1 aliphatic rings. The number of urea groups is 1. The number of nitrogens with two attached hydrogens (primary N) is 1. The topological polar surface area (TPSA) is 84.2 Å². The van der Waals surface area contributed by atoms with E-state index in [1.807, 2.05) is 5.32 Å². The molecule has 5 heteroatoms. The number of carbonyl (C=O) groups excluding carboxylic acids is 2. The number of hydrogen-bond acceptors (Lipinski definition) is 3. The molecule has 0 spiro atoms. The van der Waals surface area contributed by atoms with Crippen molar-refractivity contribution in [1.82, 2.24) is 10.6 Å². The van der Waals surface area contributed by atoms with Gasteiger partial charge in [0.1, 0.15) is 0 Å². The van der Waals surface area contributed by atoms with Crippen LogP contribution in [0.5, 0.6) is 0 Å². The van der Waals surface area contributed by atoms with Gasteiger partial charge in [0.15, 0.2) is 0 Å². The Hall–Kier alpha value is -1.10. The molecule has 0 radical (unpaired) electrons. The predicted molar refractivity (Wildman–Crippen MR) is 61.8 cm³/mol. The van der Waals surface area contributed by atoms with Crippen LogP contribution < -0.4 is 16.4 Å². The largest absolute Gasteiger partial charge is 0.351 e. The van der Waals surface area contributed by atoms with Gasteiger partial charge >= 0.3 is 6.03 Å². The lowest BCUT2D eigenvalue weighted by Crippen LogP contribution is -2.43. The van der Waals surface area contributed by atoms with Crippen LogP contribution in [0, 0.1) is 5.41 Å². The summed E-state index contributed by atoms with van der Waals surface area (Å²) in [4.78, 5) is 21.6. The van der Waals surface area contributed by atoms with Crippen LogP contribution in [0.3, 0.4) is 0 Å². The number of primary amides is 1. The van der Waals surface area contributed by atoms with E-state index >= 15 is 0 Å². The minimum Gasteiger partial charge on any atom is -0.351 e. The van der Waals surface area contributed by atoms with Crippen molar-refractivity contribution in [2.75, 3.05) is 13.1 Å². The van der Waals surface area contributed by atoms with E-state index in [1.165, 1.54) is 25.7 Å². The number of carbonyl (C=O) groups is 2. The predicted octanol–water partition coefficient (Wildman–Crippen LogP) is 0.741. The Bertz CT molecular complexity index is 260. The molecule has 3 amide bonds. The number of rotatable bonds is 5. The molecule has 4 N–H and O–H groups in total. The second kappa shape index (κ2) is 5.84. The average molecular weight is 227 g/mol. The normalized spacial score (nSPS) is 18.3. The molecule has 1 rings (SSSR count). The highest BCUT2D eigenvalue weighted by Crippen LogP contribution is 2.40. The van der Waals surface area contributed by atoms with Crippen molar-refractivity contribution in [3.05, 3.63) is 0 Å². The Morgan fingerprint density at radius 1 is 1.31 bits per heavy atom. The van der Waals surface area contributed by atoms with E-state index in [0.717, 1.165) is 13.0 Å². The molecule has 0 bridgehead atoms. The van der Waals surface area contributed by atoms with E-state index in [0.29, 0.717) is 5.41 Å². The fourth-order valence-electron chi connectivity index (χ4n) is 2.40. The van der Waals surface area contributed by atoms with Gasteiger partial charge in [0.05, 0.1) is 6.54 Å². The standard InChI is InChI=1S/C11H21N3O2/c1-2-11(5-3-4-6-11)8-13-7-9(15)14-10(12)16/h13H,2-8H2,1H3,(H3,12,14,15,16). The molecule has 16 heavy (non-hydrogen) atoms. The SMILES string of the molecule is CCC1(CNCC(=O)NC(N)=O)CCCC1. The van der Waals surface area contributed by atoms with Crippen molar-refractivity contribution in [2.24, 2.45) is 11.1 Å². The van der Waals surface area contributed by atoms with Crippen molar-refractivity contribution >= 4 is 11.9 Å². The molecule has 1 saturated carbocycles. The first-order valence-electron chi connectivity index (χ1n) is 5.88. The van der Waals surface area contributed by atoms with Crippen molar-refractivity contribution in [3.8, 4) is 0 Å². The summed E-state index contributed by atoms with van der Waals surface area (Å²) in [6, 6.07) is -0.794. The number of hydrogen-bond donors (Lipinski definition) is 3. The van der Waals surface area contributed by atoms with Crippen LogP contribution in [0.15, 0.2) is 0 Å². The van der Waals surface area contributed by atoms with Crippen LogP contribution in [-0.4, -0.2) is 25.0 Å². The summed E-state index contributed by atoms with van der Waals surface area (Å²) >= 11 is 0. The number of nitrogens with one attached hydrogen (secondary N) is 2. The highest BCUT2D eigenvalue weighted by atomic mass is 16.2. The summed E-state index contributed by atoms with van der Waals surface area (Å²) in [6.45, 7) is 3.19. The first kappa shape index (κ1) is 13.0. The maximum Gasteiger partial charge on any atom is 0.318 e. The maximum absolute atomic E-state index is 11.1. The lowest BCUT2D eigenvalue weighted by atomic mass is 9.83. The van der Waals surface area contributed by atoms with E-state index in [2.05, 4.69) is 12.2 Å². The van der Waals surface area contributed by atoms with Crippen molar-refractivity contribution in [2.45, 2.75) is 39.0 Å². The molecular formula is C11H21N3O2. The highest BCUT2D eigenvalue weighted by Gasteiger charge is 2.31. The van der Waals surface area contributed by atoms with Gasteiger partial charge in [-0.1, -0.05) is 19.8 Å². The number of imide groups is 1. The average Bonchev–Trinajstić information content (AvgIpc) is 2.66. The van der Waals surface area contributed by atoms with Crippen molar-refractivity contribution in [1.29, 1.82) is 0 Å². The zero-order valence-corrected chi connectivity index (χ0v) is 9.84. The van der Waals surface area contributed by atoms with Crippen LogP contribution in [0.2, 0.25) is 0 Å². The van der Waals surface area contributed by atoms with E-state index in [-0.39, 0.29) is 12.5 Å². The molecule has 0 saturated heterocycles. The molecule has 0 aromatic carbocycles. The highest BCUT2D eigenvalue weighted by molar-refractivity contribution is 5.94. The quantitative estimate of drug-likeness (QED) is 0.647. The minimum atomic E-state index is -0.794. The van der Waals surface area contributed by atoms with E-state index in [1.54, 1.807) is 0 Å². The van der Waals surface area contributed by atoms with Crippen LogP contribution in [0.4, 0.5) is 4.79 Å². The van der Waals surface area contributed by atoms with Crippen LogP contribution >= 0.6 is 0 Å². The van der Waals surface area contributed by atoms with Gasteiger partial charge in [-0.25, -0.2) is 4.79 Å². The molecule has 1 fully saturated rings. The summed E-state index contributed by atoms with van der Waals surface area (Å²) in [5, 5.41) is 5.14. The van der Waals surface area contributed by atoms with Gasteiger partial charge in [-0.3, -0.25) is 10.1 Å². The first-order valence-corrected chi connectivity index (χ1v) is 5.88. The first-order chi connectivity index (χ1) is 7.58. The van der Waals surface area contributed by atoms with Gasteiger partial charge in [-0.15, -0.1) is 0 Å². The van der Waals surface area contributed by atoms with Crippen LogP contribution in [0.25, 0.3) is 0 Å². The summed E-state index contributed by atoms with van der Waals surface area (Å²) < 4.78 is 0. The Morgan fingerprint density at radius 3 is 2.44 bits per heavy atom. The zero-order chi connectivity index (χ0) is 12.0. The molecule has 0 aliphatic heterocycles.